The van der Waals surface area contributed by atoms with Crippen LogP contribution in [0, 0.1) is 10.1 Å². The number of ether oxygens (including phenoxy) is 1. The monoisotopic (exact) mass is 327 g/mol. The highest BCUT2D eigenvalue weighted by Gasteiger charge is 2.33. The van der Waals surface area contributed by atoms with Crippen LogP contribution in [-0.2, 0) is 0 Å². The molecule has 6 nitrogen and oxygen atoms in total. The van der Waals surface area contributed by atoms with Crippen molar-refractivity contribution in [2.45, 2.75) is 6.36 Å². The van der Waals surface area contributed by atoms with E-state index in [1.807, 2.05) is 0 Å². The SMILES string of the molecule is O=C(O)c1ccc(-c2ccccc2OC(F)(F)F)c([N+](=O)[O-])c1. The lowest BCUT2D eigenvalue weighted by atomic mass is 10.0. The van der Waals surface area contributed by atoms with Gasteiger partial charge in [0.2, 0.25) is 0 Å². The normalized spacial score (nSPS) is 11.1. The van der Waals surface area contributed by atoms with Gasteiger partial charge in [-0.25, -0.2) is 4.79 Å². The molecule has 0 atom stereocenters. The maximum atomic E-state index is 12.4. The van der Waals surface area contributed by atoms with Crippen molar-refractivity contribution >= 4 is 11.7 Å². The Bertz CT molecular complexity index is 773. The predicted octanol–water partition coefficient (Wildman–Crippen LogP) is 3.86. The summed E-state index contributed by atoms with van der Waals surface area (Å²) in [6, 6.07) is 7.80. The molecule has 0 heterocycles. The fourth-order valence-corrected chi connectivity index (χ4v) is 1.95. The van der Waals surface area contributed by atoms with Crippen molar-refractivity contribution in [3.8, 4) is 16.9 Å². The minimum Gasteiger partial charge on any atom is -0.478 e. The largest absolute Gasteiger partial charge is 0.573 e. The number of nitro benzene ring substituents is 1. The quantitative estimate of drug-likeness (QED) is 0.680. The maximum absolute atomic E-state index is 12.4. The van der Waals surface area contributed by atoms with E-state index in [9.17, 15) is 28.1 Å². The van der Waals surface area contributed by atoms with Crippen LogP contribution >= 0.6 is 0 Å². The summed E-state index contributed by atoms with van der Waals surface area (Å²) in [7, 11) is 0. The third kappa shape index (κ3) is 3.76. The van der Waals surface area contributed by atoms with Gasteiger partial charge in [0, 0.05) is 11.6 Å². The molecule has 0 bridgehead atoms. The maximum Gasteiger partial charge on any atom is 0.573 e. The zero-order chi connectivity index (χ0) is 17.2. The molecule has 23 heavy (non-hydrogen) atoms. The number of hydrogen-bond donors (Lipinski definition) is 1. The molecule has 0 amide bonds. The Morgan fingerprint density at radius 1 is 1.13 bits per heavy atom. The Morgan fingerprint density at radius 3 is 2.35 bits per heavy atom. The second kappa shape index (κ2) is 5.95. The third-order valence-electron chi connectivity index (χ3n) is 2.84. The molecule has 0 radical (unpaired) electrons. The first-order valence-electron chi connectivity index (χ1n) is 6.06. The first-order valence-corrected chi connectivity index (χ1v) is 6.06. The van der Waals surface area contributed by atoms with Crippen LogP contribution < -0.4 is 4.74 Å². The van der Waals surface area contributed by atoms with Gasteiger partial charge in [-0.1, -0.05) is 18.2 Å². The zero-order valence-electron chi connectivity index (χ0n) is 11.2. The molecule has 0 aliphatic rings. The molecule has 0 saturated heterocycles. The van der Waals surface area contributed by atoms with E-state index in [1.54, 1.807) is 0 Å². The van der Waals surface area contributed by atoms with Gasteiger partial charge in [-0.05, 0) is 18.2 Å². The summed E-state index contributed by atoms with van der Waals surface area (Å²) in [5, 5.41) is 20.0. The summed E-state index contributed by atoms with van der Waals surface area (Å²) < 4.78 is 41.2. The topological polar surface area (TPSA) is 89.7 Å². The lowest BCUT2D eigenvalue weighted by Crippen LogP contribution is -2.17. The van der Waals surface area contributed by atoms with Gasteiger partial charge < -0.3 is 9.84 Å². The molecule has 120 valence electrons. The number of carbonyl (C=O) groups is 1. The van der Waals surface area contributed by atoms with Gasteiger partial charge in [-0.2, -0.15) is 0 Å². The van der Waals surface area contributed by atoms with E-state index in [0.29, 0.717) is 0 Å². The lowest BCUT2D eigenvalue weighted by Gasteiger charge is -2.13. The molecule has 1 N–H and O–H groups in total. The predicted molar refractivity (Wildman–Crippen MR) is 72.2 cm³/mol. The molecule has 0 fully saturated rings. The number of hydrogen-bond acceptors (Lipinski definition) is 4. The van der Waals surface area contributed by atoms with Crippen LogP contribution in [0.15, 0.2) is 42.5 Å². The summed E-state index contributed by atoms with van der Waals surface area (Å²) in [5.74, 6) is -2.01. The number of benzene rings is 2. The third-order valence-corrected chi connectivity index (χ3v) is 2.84. The van der Waals surface area contributed by atoms with Crippen molar-refractivity contribution in [3.63, 3.8) is 0 Å². The number of nitrogens with zero attached hydrogens (tertiary/aromatic N) is 1. The van der Waals surface area contributed by atoms with Crippen molar-refractivity contribution in [1.82, 2.24) is 0 Å². The number of carboxylic acids is 1. The molecule has 0 saturated carbocycles. The Labute approximate surface area is 126 Å². The van der Waals surface area contributed by atoms with Gasteiger partial charge in [-0.3, -0.25) is 10.1 Å². The molecule has 0 aromatic heterocycles. The number of rotatable bonds is 4. The summed E-state index contributed by atoms with van der Waals surface area (Å²) in [5.41, 5.74) is -1.34. The zero-order valence-corrected chi connectivity index (χ0v) is 11.2. The van der Waals surface area contributed by atoms with E-state index < -0.39 is 28.7 Å². The lowest BCUT2D eigenvalue weighted by molar-refractivity contribution is -0.384. The van der Waals surface area contributed by atoms with Crippen LogP contribution in [-0.4, -0.2) is 22.4 Å². The number of para-hydroxylation sites is 1. The van der Waals surface area contributed by atoms with Gasteiger partial charge in [-0.15, -0.1) is 13.2 Å². The molecule has 9 heteroatoms. The van der Waals surface area contributed by atoms with Crippen molar-refractivity contribution < 1.29 is 32.7 Å². The van der Waals surface area contributed by atoms with Crippen molar-refractivity contribution in [3.05, 3.63) is 58.1 Å². The highest BCUT2D eigenvalue weighted by Crippen LogP contribution is 2.38. The van der Waals surface area contributed by atoms with Crippen LogP contribution in [0.3, 0.4) is 0 Å². The van der Waals surface area contributed by atoms with Gasteiger partial charge in [0.1, 0.15) is 5.75 Å². The minimum absolute atomic E-state index is 0.173. The van der Waals surface area contributed by atoms with Gasteiger partial charge in [0.15, 0.2) is 0 Å². The summed E-state index contributed by atoms with van der Waals surface area (Å²) >= 11 is 0. The van der Waals surface area contributed by atoms with E-state index in [2.05, 4.69) is 4.74 Å². The number of carboxylic acid groups (broad SMARTS) is 1. The van der Waals surface area contributed by atoms with Gasteiger partial charge >= 0.3 is 12.3 Å². The molecule has 0 aliphatic heterocycles. The van der Waals surface area contributed by atoms with Crippen LogP contribution in [0.5, 0.6) is 5.75 Å². The van der Waals surface area contributed by atoms with E-state index >= 15 is 0 Å². The van der Waals surface area contributed by atoms with Crippen LogP contribution in [0.1, 0.15) is 10.4 Å². The van der Waals surface area contributed by atoms with Crippen molar-refractivity contribution in [2.75, 3.05) is 0 Å². The Kier molecular flexibility index (Phi) is 4.21. The molecule has 2 rings (SSSR count). The van der Waals surface area contributed by atoms with E-state index in [-0.39, 0.29) is 16.7 Å². The van der Waals surface area contributed by atoms with E-state index in [4.69, 9.17) is 5.11 Å². The number of nitro groups is 1. The number of halogens is 3. The molecule has 2 aromatic rings. The van der Waals surface area contributed by atoms with Gasteiger partial charge in [0.25, 0.3) is 5.69 Å². The molecule has 0 aliphatic carbocycles. The molecule has 0 unspecified atom stereocenters. The van der Waals surface area contributed by atoms with Crippen LogP contribution in [0.25, 0.3) is 11.1 Å². The average Bonchev–Trinajstić information content (AvgIpc) is 2.45. The standard InChI is InChI=1S/C14H8F3NO5/c15-14(16,17)23-12-4-2-1-3-10(12)9-6-5-8(13(19)20)7-11(9)18(21)22/h1-7H,(H,19,20). The first kappa shape index (κ1) is 16.3. The highest BCUT2D eigenvalue weighted by atomic mass is 19.4. The highest BCUT2D eigenvalue weighted by molar-refractivity contribution is 5.91. The second-order valence-corrected chi connectivity index (χ2v) is 4.34. The fourth-order valence-electron chi connectivity index (χ4n) is 1.95. The number of aromatic carboxylic acids is 1. The summed E-state index contributed by atoms with van der Waals surface area (Å²) in [6.45, 7) is 0. The molecular formula is C14H8F3NO5. The fraction of sp³-hybridized carbons (Fsp3) is 0.0714. The smallest absolute Gasteiger partial charge is 0.478 e. The van der Waals surface area contributed by atoms with Crippen molar-refractivity contribution in [1.29, 1.82) is 0 Å². The van der Waals surface area contributed by atoms with Crippen LogP contribution in [0.2, 0.25) is 0 Å². The molecule has 0 spiro atoms. The van der Waals surface area contributed by atoms with Crippen molar-refractivity contribution in [2.24, 2.45) is 0 Å². The Balaban J connectivity index is 2.63. The molecular weight excluding hydrogens is 319 g/mol. The van der Waals surface area contributed by atoms with E-state index in [0.717, 1.165) is 24.3 Å². The Morgan fingerprint density at radius 2 is 1.78 bits per heavy atom. The summed E-state index contributed by atoms with van der Waals surface area (Å²) in [6.07, 6.45) is -4.97. The van der Waals surface area contributed by atoms with Gasteiger partial charge in [0.05, 0.1) is 16.1 Å². The van der Waals surface area contributed by atoms with E-state index in [1.165, 1.54) is 18.2 Å². The summed E-state index contributed by atoms with van der Waals surface area (Å²) in [4.78, 5) is 21.1. The first-order chi connectivity index (χ1) is 10.7. The average molecular weight is 327 g/mol. The number of alkyl halides is 3. The van der Waals surface area contributed by atoms with Crippen LogP contribution in [0.4, 0.5) is 18.9 Å². The Hall–Kier alpha value is -3.10. The minimum atomic E-state index is -4.97. The second-order valence-electron chi connectivity index (χ2n) is 4.34. The molecule has 2 aromatic carbocycles.